The van der Waals surface area contributed by atoms with Crippen molar-refractivity contribution in [2.24, 2.45) is 0 Å². The minimum atomic E-state index is -0.605. The molecule has 4 aromatic rings. The molecule has 1 atom stereocenters. The van der Waals surface area contributed by atoms with E-state index in [1.54, 1.807) is 6.92 Å². The van der Waals surface area contributed by atoms with Crippen molar-refractivity contribution >= 4 is 33.4 Å². The fraction of sp³-hybridized carbons (Fsp3) is 0.296. The average Bonchev–Trinajstić information content (AvgIpc) is 3.06. The van der Waals surface area contributed by atoms with Crippen LogP contribution in [0, 0.1) is 6.92 Å². The Kier molecular flexibility index (Phi) is 5.73. The maximum absolute atomic E-state index is 12.9. The fourth-order valence-corrected chi connectivity index (χ4v) is 4.18. The van der Waals surface area contributed by atoms with Gasteiger partial charge < -0.3 is 14.6 Å². The summed E-state index contributed by atoms with van der Waals surface area (Å²) in [6, 6.07) is 20.6. The third kappa shape index (κ3) is 4.02. The van der Waals surface area contributed by atoms with E-state index in [2.05, 4.69) is 79.2 Å². The Labute approximate surface area is 183 Å². The number of aryl methyl sites for hydroxylation is 2. The van der Waals surface area contributed by atoms with E-state index < -0.39 is 6.10 Å². The van der Waals surface area contributed by atoms with Crippen LogP contribution in [0.15, 0.2) is 60.7 Å². The minimum Gasteiger partial charge on any atom is -0.481 e. The second kappa shape index (κ2) is 8.46. The summed E-state index contributed by atoms with van der Waals surface area (Å²) < 4.78 is 8.38. The van der Waals surface area contributed by atoms with Gasteiger partial charge in [0, 0.05) is 34.0 Å². The molecule has 0 fully saturated rings. The second-order valence-corrected chi connectivity index (χ2v) is 8.44. The van der Waals surface area contributed by atoms with Crippen LogP contribution < -0.4 is 10.1 Å². The minimum absolute atomic E-state index is 0.158. The lowest BCUT2D eigenvalue weighted by Crippen LogP contribution is -2.30. The monoisotopic (exact) mass is 414 g/mol. The van der Waals surface area contributed by atoms with E-state index in [4.69, 9.17) is 4.74 Å². The predicted molar refractivity (Wildman–Crippen MR) is 129 cm³/mol. The van der Waals surface area contributed by atoms with Crippen LogP contribution in [-0.4, -0.2) is 16.6 Å². The number of rotatable bonds is 6. The lowest BCUT2D eigenvalue weighted by molar-refractivity contribution is -0.122. The molecule has 0 aliphatic rings. The zero-order valence-corrected chi connectivity index (χ0v) is 18.9. The van der Waals surface area contributed by atoms with Gasteiger partial charge in [0.25, 0.3) is 5.91 Å². The zero-order chi connectivity index (χ0) is 22.1. The molecule has 1 N–H and O–H groups in total. The molecule has 0 spiro atoms. The summed E-state index contributed by atoms with van der Waals surface area (Å²) in [5, 5.41) is 5.37. The van der Waals surface area contributed by atoms with Crippen molar-refractivity contribution in [3.8, 4) is 5.75 Å². The predicted octanol–water partition coefficient (Wildman–Crippen LogP) is 6.65. The second-order valence-electron chi connectivity index (χ2n) is 8.44. The van der Waals surface area contributed by atoms with E-state index in [1.807, 2.05) is 19.1 Å². The van der Waals surface area contributed by atoms with Crippen LogP contribution >= 0.6 is 0 Å². The van der Waals surface area contributed by atoms with Gasteiger partial charge in [0.05, 0.1) is 0 Å². The SMILES string of the molecule is CCn1c2ccccc2c2cc(NC(=O)C(C)Oc3cc(C)ccc3C(C)C)ccc21. The summed E-state index contributed by atoms with van der Waals surface area (Å²) in [4.78, 5) is 12.9. The molecule has 4 rings (SSSR count). The number of nitrogens with one attached hydrogen (secondary N) is 1. The molecule has 1 unspecified atom stereocenters. The highest BCUT2D eigenvalue weighted by Gasteiger charge is 2.18. The number of aromatic nitrogens is 1. The van der Waals surface area contributed by atoms with Gasteiger partial charge in [0.1, 0.15) is 5.75 Å². The molecule has 0 aliphatic carbocycles. The van der Waals surface area contributed by atoms with Crippen molar-refractivity contribution in [2.75, 3.05) is 5.32 Å². The highest BCUT2D eigenvalue weighted by Crippen LogP contribution is 2.31. The molecule has 160 valence electrons. The highest BCUT2D eigenvalue weighted by molar-refractivity contribution is 6.10. The fourth-order valence-electron chi connectivity index (χ4n) is 4.18. The Morgan fingerprint density at radius 3 is 2.45 bits per heavy atom. The molecule has 4 heteroatoms. The van der Waals surface area contributed by atoms with Gasteiger partial charge in [0.2, 0.25) is 0 Å². The number of benzene rings is 3. The molecular formula is C27H30N2O2. The molecule has 0 bridgehead atoms. The largest absolute Gasteiger partial charge is 0.481 e. The number of hydrogen-bond acceptors (Lipinski definition) is 2. The summed E-state index contributed by atoms with van der Waals surface area (Å²) in [7, 11) is 0. The third-order valence-electron chi connectivity index (χ3n) is 5.82. The Balaban J connectivity index is 1.59. The molecule has 0 radical (unpaired) electrons. The first-order valence-corrected chi connectivity index (χ1v) is 11.0. The lowest BCUT2D eigenvalue weighted by atomic mass is 10.0. The summed E-state index contributed by atoms with van der Waals surface area (Å²) in [5.41, 5.74) is 5.39. The Morgan fingerprint density at radius 1 is 0.968 bits per heavy atom. The van der Waals surface area contributed by atoms with Crippen molar-refractivity contribution in [1.82, 2.24) is 4.57 Å². The molecule has 1 amide bonds. The topological polar surface area (TPSA) is 43.3 Å². The first kappa shape index (κ1) is 21.0. The van der Waals surface area contributed by atoms with E-state index in [0.717, 1.165) is 34.5 Å². The van der Waals surface area contributed by atoms with E-state index in [-0.39, 0.29) is 5.91 Å². The number of ether oxygens (including phenoxy) is 1. The van der Waals surface area contributed by atoms with E-state index in [1.165, 1.54) is 16.4 Å². The first-order valence-electron chi connectivity index (χ1n) is 11.0. The van der Waals surface area contributed by atoms with Gasteiger partial charge >= 0.3 is 0 Å². The number of anilines is 1. The maximum Gasteiger partial charge on any atom is 0.265 e. The lowest BCUT2D eigenvalue weighted by Gasteiger charge is -2.19. The Morgan fingerprint density at radius 2 is 1.71 bits per heavy atom. The first-order chi connectivity index (χ1) is 14.9. The summed E-state index contributed by atoms with van der Waals surface area (Å²) in [6.45, 7) is 11.1. The molecule has 1 heterocycles. The van der Waals surface area contributed by atoms with Crippen LogP contribution in [0.25, 0.3) is 21.8 Å². The third-order valence-corrected chi connectivity index (χ3v) is 5.82. The zero-order valence-electron chi connectivity index (χ0n) is 18.9. The van der Waals surface area contributed by atoms with Crippen LogP contribution in [0.3, 0.4) is 0 Å². The average molecular weight is 415 g/mol. The molecule has 0 aliphatic heterocycles. The molecule has 1 aromatic heterocycles. The van der Waals surface area contributed by atoms with Crippen molar-refractivity contribution in [3.63, 3.8) is 0 Å². The van der Waals surface area contributed by atoms with Crippen molar-refractivity contribution in [3.05, 3.63) is 71.8 Å². The van der Waals surface area contributed by atoms with E-state index in [9.17, 15) is 4.79 Å². The van der Waals surface area contributed by atoms with Crippen LogP contribution in [-0.2, 0) is 11.3 Å². The van der Waals surface area contributed by atoms with Crippen molar-refractivity contribution < 1.29 is 9.53 Å². The number of carbonyl (C=O) groups excluding carboxylic acids is 1. The molecule has 31 heavy (non-hydrogen) atoms. The molecule has 3 aromatic carbocycles. The maximum atomic E-state index is 12.9. The quantitative estimate of drug-likeness (QED) is 0.384. The normalized spacial score (nSPS) is 12.5. The number of nitrogens with zero attached hydrogens (tertiary/aromatic N) is 1. The van der Waals surface area contributed by atoms with Gasteiger partial charge in [-0.25, -0.2) is 0 Å². The molecule has 4 nitrogen and oxygen atoms in total. The number of fused-ring (bicyclic) bond motifs is 3. The van der Waals surface area contributed by atoms with Crippen molar-refractivity contribution in [1.29, 1.82) is 0 Å². The summed E-state index contributed by atoms with van der Waals surface area (Å²) in [6.07, 6.45) is -0.605. The van der Waals surface area contributed by atoms with E-state index >= 15 is 0 Å². The van der Waals surface area contributed by atoms with Gasteiger partial charge in [-0.15, -0.1) is 0 Å². The number of hydrogen-bond donors (Lipinski definition) is 1. The van der Waals surface area contributed by atoms with Gasteiger partial charge in [-0.05, 0) is 68.1 Å². The molecular weight excluding hydrogens is 384 g/mol. The summed E-state index contributed by atoms with van der Waals surface area (Å²) in [5.74, 6) is 0.943. The van der Waals surface area contributed by atoms with Gasteiger partial charge in [-0.1, -0.05) is 44.2 Å². The van der Waals surface area contributed by atoms with Crippen LogP contribution in [0.5, 0.6) is 5.75 Å². The molecule has 0 saturated heterocycles. The number of para-hydroxylation sites is 1. The van der Waals surface area contributed by atoms with Crippen LogP contribution in [0.2, 0.25) is 0 Å². The van der Waals surface area contributed by atoms with Gasteiger partial charge in [-0.2, -0.15) is 0 Å². The van der Waals surface area contributed by atoms with Crippen LogP contribution in [0.1, 0.15) is 44.7 Å². The van der Waals surface area contributed by atoms with Gasteiger partial charge in [-0.3, -0.25) is 4.79 Å². The molecule has 0 saturated carbocycles. The Bertz CT molecular complexity index is 1250. The number of amides is 1. The standard InChI is InChI=1S/C27H30N2O2/c1-6-29-24-10-8-7-9-22(24)23-16-20(12-14-25(23)29)28-27(30)19(5)31-26-15-18(4)11-13-21(26)17(2)3/h7-17,19H,6H2,1-5H3,(H,28,30). The smallest absolute Gasteiger partial charge is 0.265 e. The Hall–Kier alpha value is -3.27. The summed E-state index contributed by atoms with van der Waals surface area (Å²) >= 11 is 0. The number of carbonyl (C=O) groups is 1. The van der Waals surface area contributed by atoms with Crippen molar-refractivity contribution in [2.45, 2.75) is 53.2 Å². The highest BCUT2D eigenvalue weighted by atomic mass is 16.5. The van der Waals surface area contributed by atoms with Crippen LogP contribution in [0.4, 0.5) is 5.69 Å². The van der Waals surface area contributed by atoms with Gasteiger partial charge in [0.15, 0.2) is 6.10 Å². The van der Waals surface area contributed by atoms with E-state index in [0.29, 0.717) is 5.92 Å².